The normalized spacial score (nSPS) is 19.3. The highest BCUT2D eigenvalue weighted by Crippen LogP contribution is 2.16. The van der Waals surface area contributed by atoms with Crippen molar-refractivity contribution in [3.05, 3.63) is 24.0 Å². The number of aliphatic hydroxyl groups is 1. The van der Waals surface area contributed by atoms with Gasteiger partial charge in [0.25, 0.3) is 0 Å². The minimum atomic E-state index is 0.197. The van der Waals surface area contributed by atoms with Crippen LogP contribution in [0.2, 0.25) is 0 Å². The number of hydrogen-bond acceptors (Lipinski definition) is 4. The van der Waals surface area contributed by atoms with Gasteiger partial charge in [0.1, 0.15) is 0 Å². The van der Waals surface area contributed by atoms with Gasteiger partial charge < -0.3 is 10.4 Å². The molecular weight excluding hydrogens is 228 g/mol. The average Bonchev–Trinajstić information content (AvgIpc) is 2.85. The van der Waals surface area contributed by atoms with Crippen LogP contribution < -0.4 is 5.32 Å². The van der Waals surface area contributed by atoms with Crippen molar-refractivity contribution in [1.82, 2.24) is 20.3 Å². The van der Waals surface area contributed by atoms with Gasteiger partial charge in [-0.25, -0.2) is 0 Å². The van der Waals surface area contributed by atoms with Crippen molar-refractivity contribution in [2.24, 2.45) is 5.92 Å². The molecule has 0 amide bonds. The van der Waals surface area contributed by atoms with Gasteiger partial charge in [-0.05, 0) is 38.1 Å². The summed E-state index contributed by atoms with van der Waals surface area (Å²) in [5.41, 5.74) is 0.972. The highest BCUT2D eigenvalue weighted by molar-refractivity contribution is 4.93. The topological polar surface area (TPSA) is 63.0 Å². The number of aryl methyl sites for hydroxylation is 1. The zero-order valence-corrected chi connectivity index (χ0v) is 10.8. The molecule has 1 heterocycles. The molecule has 0 fully saturated rings. The van der Waals surface area contributed by atoms with Gasteiger partial charge in [-0.3, -0.25) is 4.68 Å². The molecule has 100 valence electrons. The molecule has 5 nitrogen and oxygen atoms in total. The summed E-state index contributed by atoms with van der Waals surface area (Å²) in [4.78, 5) is 0. The lowest BCUT2D eigenvalue weighted by Crippen LogP contribution is -2.23. The fourth-order valence-corrected chi connectivity index (χ4v) is 2.21. The van der Waals surface area contributed by atoms with E-state index in [9.17, 15) is 0 Å². The molecule has 0 saturated carbocycles. The Balaban J connectivity index is 1.66. The Labute approximate surface area is 108 Å². The average molecular weight is 250 g/mol. The van der Waals surface area contributed by atoms with E-state index in [1.54, 1.807) is 4.68 Å². The Morgan fingerprint density at radius 3 is 3.17 bits per heavy atom. The molecule has 2 rings (SSSR count). The van der Waals surface area contributed by atoms with Crippen LogP contribution in [-0.2, 0) is 13.1 Å². The largest absolute Gasteiger partial charge is 0.396 e. The Bertz CT molecular complexity index is 375. The molecule has 1 aliphatic carbocycles. The van der Waals surface area contributed by atoms with Crippen molar-refractivity contribution < 1.29 is 5.11 Å². The zero-order valence-electron chi connectivity index (χ0n) is 10.8. The molecule has 0 spiro atoms. The first-order valence-electron chi connectivity index (χ1n) is 6.74. The molecule has 0 bridgehead atoms. The first-order valence-corrected chi connectivity index (χ1v) is 6.74. The molecule has 0 aromatic carbocycles. The molecular formula is C13H22N4O. The Morgan fingerprint density at radius 2 is 2.39 bits per heavy atom. The summed E-state index contributed by atoms with van der Waals surface area (Å²) in [7, 11) is 0. The van der Waals surface area contributed by atoms with Crippen molar-refractivity contribution >= 4 is 0 Å². The Hall–Kier alpha value is -1.20. The summed E-state index contributed by atoms with van der Waals surface area (Å²) in [6.45, 7) is 2.76. The second-order valence-electron chi connectivity index (χ2n) is 4.83. The van der Waals surface area contributed by atoms with Crippen molar-refractivity contribution in [3.8, 4) is 0 Å². The third kappa shape index (κ3) is 4.23. The predicted octanol–water partition coefficient (Wildman–Crippen LogP) is 1.11. The summed E-state index contributed by atoms with van der Waals surface area (Å²) < 4.78 is 1.79. The number of allylic oxidation sites excluding steroid dienone is 2. The molecule has 0 saturated heterocycles. The summed E-state index contributed by atoms with van der Waals surface area (Å²) in [5.74, 6) is 0.763. The monoisotopic (exact) mass is 250 g/mol. The third-order valence-electron chi connectivity index (χ3n) is 3.25. The van der Waals surface area contributed by atoms with Crippen LogP contribution in [0.25, 0.3) is 0 Å². The first-order chi connectivity index (χ1) is 8.88. The van der Waals surface area contributed by atoms with Gasteiger partial charge in [0.05, 0.1) is 5.69 Å². The molecule has 2 N–H and O–H groups in total. The highest BCUT2D eigenvalue weighted by atomic mass is 16.3. The zero-order chi connectivity index (χ0) is 12.6. The molecule has 18 heavy (non-hydrogen) atoms. The Morgan fingerprint density at radius 1 is 1.44 bits per heavy atom. The fourth-order valence-electron chi connectivity index (χ4n) is 2.21. The van der Waals surface area contributed by atoms with Crippen molar-refractivity contribution in [3.63, 3.8) is 0 Å². The highest BCUT2D eigenvalue weighted by Gasteiger charge is 2.09. The number of nitrogens with one attached hydrogen (secondary N) is 1. The Kier molecular flexibility index (Phi) is 5.36. The van der Waals surface area contributed by atoms with Crippen LogP contribution in [-0.4, -0.2) is 33.3 Å². The van der Waals surface area contributed by atoms with Crippen molar-refractivity contribution in [1.29, 1.82) is 0 Å². The molecule has 1 aliphatic rings. The number of rotatable bonds is 7. The number of hydrogen-bond donors (Lipinski definition) is 2. The van der Waals surface area contributed by atoms with E-state index in [2.05, 4.69) is 27.8 Å². The number of aliphatic hydroxyl groups excluding tert-OH is 1. The summed E-state index contributed by atoms with van der Waals surface area (Å²) in [6.07, 6.45) is 10.9. The quantitative estimate of drug-likeness (QED) is 0.712. The minimum absolute atomic E-state index is 0.197. The van der Waals surface area contributed by atoms with Crippen LogP contribution >= 0.6 is 0 Å². The predicted molar refractivity (Wildman–Crippen MR) is 69.9 cm³/mol. The van der Waals surface area contributed by atoms with Crippen LogP contribution in [0.4, 0.5) is 0 Å². The fraction of sp³-hybridized carbons (Fsp3) is 0.692. The summed E-state index contributed by atoms with van der Waals surface area (Å²) >= 11 is 0. The lowest BCUT2D eigenvalue weighted by Gasteiger charge is -2.17. The van der Waals surface area contributed by atoms with Gasteiger partial charge in [-0.2, -0.15) is 0 Å². The van der Waals surface area contributed by atoms with Crippen LogP contribution in [0.5, 0.6) is 0 Å². The third-order valence-corrected chi connectivity index (χ3v) is 3.25. The van der Waals surface area contributed by atoms with E-state index in [0.717, 1.165) is 37.7 Å². The molecule has 0 aliphatic heterocycles. The van der Waals surface area contributed by atoms with Gasteiger partial charge in [-0.1, -0.05) is 17.4 Å². The van der Waals surface area contributed by atoms with E-state index in [1.807, 2.05) is 6.20 Å². The lowest BCUT2D eigenvalue weighted by atomic mass is 9.94. The first kappa shape index (κ1) is 13.2. The maximum Gasteiger partial charge on any atom is 0.0964 e. The van der Waals surface area contributed by atoms with Gasteiger partial charge >= 0.3 is 0 Å². The smallest absolute Gasteiger partial charge is 0.0964 e. The van der Waals surface area contributed by atoms with E-state index in [-0.39, 0.29) is 6.61 Å². The summed E-state index contributed by atoms with van der Waals surface area (Å²) in [5, 5.41) is 20.3. The minimum Gasteiger partial charge on any atom is -0.396 e. The second kappa shape index (κ2) is 7.28. The van der Waals surface area contributed by atoms with Gasteiger partial charge in [0.15, 0.2) is 0 Å². The van der Waals surface area contributed by atoms with Gasteiger partial charge in [-0.15, -0.1) is 5.10 Å². The maximum absolute atomic E-state index is 8.74. The van der Waals surface area contributed by atoms with Crippen LogP contribution in [0, 0.1) is 5.92 Å². The molecule has 1 atom stereocenters. The van der Waals surface area contributed by atoms with Crippen LogP contribution in [0.1, 0.15) is 31.4 Å². The lowest BCUT2D eigenvalue weighted by molar-refractivity contribution is 0.276. The molecule has 1 aromatic heterocycles. The van der Waals surface area contributed by atoms with E-state index < -0.39 is 0 Å². The van der Waals surface area contributed by atoms with E-state index in [1.165, 1.54) is 19.3 Å². The van der Waals surface area contributed by atoms with Crippen LogP contribution in [0.15, 0.2) is 18.3 Å². The van der Waals surface area contributed by atoms with Gasteiger partial charge in [0, 0.05) is 25.9 Å². The van der Waals surface area contributed by atoms with Gasteiger partial charge in [0.2, 0.25) is 0 Å². The van der Waals surface area contributed by atoms with E-state index in [4.69, 9.17) is 5.11 Å². The summed E-state index contributed by atoms with van der Waals surface area (Å²) in [6, 6.07) is 0. The number of nitrogens with zero attached hydrogens (tertiary/aromatic N) is 3. The molecule has 1 aromatic rings. The van der Waals surface area contributed by atoms with E-state index in [0.29, 0.717) is 0 Å². The van der Waals surface area contributed by atoms with Crippen molar-refractivity contribution in [2.75, 3.05) is 13.2 Å². The van der Waals surface area contributed by atoms with Crippen molar-refractivity contribution in [2.45, 2.75) is 38.8 Å². The number of aromatic nitrogens is 3. The van der Waals surface area contributed by atoms with E-state index >= 15 is 0 Å². The molecule has 1 unspecified atom stereocenters. The molecule has 0 radical (unpaired) electrons. The standard InChI is InChI=1S/C13H22N4O/c18-8-4-7-17-11-13(15-16-17)10-14-9-12-5-2-1-3-6-12/h1-2,11-12,14,18H,3-10H2. The maximum atomic E-state index is 8.74. The molecule has 5 heteroatoms. The SMILES string of the molecule is OCCCn1cc(CNCC2CC=CCC2)nn1. The second-order valence-corrected chi connectivity index (χ2v) is 4.83. The van der Waals surface area contributed by atoms with Crippen LogP contribution in [0.3, 0.4) is 0 Å².